The van der Waals surface area contributed by atoms with Crippen molar-refractivity contribution in [2.75, 3.05) is 0 Å². The van der Waals surface area contributed by atoms with Gasteiger partial charge in [-0.25, -0.2) is 0 Å². The summed E-state index contributed by atoms with van der Waals surface area (Å²) in [6.45, 7) is 6.22. The van der Waals surface area contributed by atoms with Gasteiger partial charge in [-0.1, -0.05) is 18.2 Å². The largest absolute Gasteiger partial charge is 0.544 e. The van der Waals surface area contributed by atoms with E-state index in [0.717, 1.165) is 5.56 Å². The Labute approximate surface area is 90.8 Å². The number of carboxylic acids is 1. The molecule has 0 radical (unpaired) electrons. The summed E-state index contributed by atoms with van der Waals surface area (Å²) in [6.07, 6.45) is 0.0145. The van der Waals surface area contributed by atoms with E-state index in [-0.39, 0.29) is 6.42 Å². The lowest BCUT2D eigenvalue weighted by molar-refractivity contribution is -0.136. The number of para-hydroxylation sites is 1. The van der Waals surface area contributed by atoms with Crippen molar-refractivity contribution >= 4 is 14.3 Å². The highest BCUT2D eigenvalue weighted by Crippen LogP contribution is 2.21. The minimum Gasteiger partial charge on any atom is -0.544 e. The summed E-state index contributed by atoms with van der Waals surface area (Å²) in [4.78, 5) is 10.6. The molecule has 0 unspecified atom stereocenters. The number of hydrogen-bond donors (Lipinski definition) is 1. The van der Waals surface area contributed by atoms with Gasteiger partial charge < -0.3 is 9.53 Å². The third-order valence-electron chi connectivity index (χ3n) is 1.73. The third kappa shape index (κ3) is 4.16. The van der Waals surface area contributed by atoms with Crippen LogP contribution < -0.4 is 4.43 Å². The smallest absolute Gasteiger partial charge is 0.307 e. The lowest BCUT2D eigenvalue weighted by Crippen LogP contribution is -2.29. The van der Waals surface area contributed by atoms with E-state index in [9.17, 15) is 4.79 Å². The van der Waals surface area contributed by atoms with Crippen LogP contribution in [0.2, 0.25) is 19.6 Å². The van der Waals surface area contributed by atoms with Crippen LogP contribution in [0.15, 0.2) is 24.3 Å². The van der Waals surface area contributed by atoms with Crippen LogP contribution in [0.1, 0.15) is 5.56 Å². The Bertz CT molecular complexity index is 355. The monoisotopic (exact) mass is 224 g/mol. The number of carboxylic acid groups (broad SMARTS) is 1. The maximum absolute atomic E-state index is 10.6. The first-order valence-corrected chi connectivity index (χ1v) is 8.28. The van der Waals surface area contributed by atoms with Gasteiger partial charge in [-0.3, -0.25) is 4.79 Å². The Hall–Kier alpha value is -1.29. The summed E-state index contributed by atoms with van der Waals surface area (Å²) < 4.78 is 5.81. The van der Waals surface area contributed by atoms with E-state index in [1.807, 2.05) is 18.2 Å². The lowest BCUT2D eigenvalue weighted by Gasteiger charge is -2.21. The molecule has 0 saturated carbocycles. The number of rotatable bonds is 4. The van der Waals surface area contributed by atoms with Crippen LogP contribution >= 0.6 is 0 Å². The van der Waals surface area contributed by atoms with E-state index in [1.54, 1.807) is 6.07 Å². The molecule has 0 spiro atoms. The Kier molecular flexibility index (Phi) is 3.52. The minimum atomic E-state index is -1.67. The van der Waals surface area contributed by atoms with Crippen LogP contribution in [0.25, 0.3) is 0 Å². The molecule has 1 aromatic carbocycles. The molecule has 0 atom stereocenters. The minimum absolute atomic E-state index is 0.0145. The molecule has 1 rings (SSSR count). The summed E-state index contributed by atoms with van der Waals surface area (Å²) in [5.41, 5.74) is 0.743. The Morgan fingerprint density at radius 3 is 2.47 bits per heavy atom. The first-order chi connectivity index (χ1) is 6.88. The highest BCUT2D eigenvalue weighted by molar-refractivity contribution is 6.70. The molecule has 15 heavy (non-hydrogen) atoms. The van der Waals surface area contributed by atoms with Crippen molar-refractivity contribution in [1.29, 1.82) is 0 Å². The second kappa shape index (κ2) is 4.48. The van der Waals surface area contributed by atoms with Crippen molar-refractivity contribution < 1.29 is 14.3 Å². The van der Waals surface area contributed by atoms with Gasteiger partial charge in [0.25, 0.3) is 0 Å². The average Bonchev–Trinajstić information content (AvgIpc) is 2.05. The maximum Gasteiger partial charge on any atom is 0.307 e. The standard InChI is InChI=1S/C11H16O3Si/c1-15(2,3)14-10-7-5-4-6-9(10)8-11(12)13/h4-7H,8H2,1-3H3,(H,12,13). The molecule has 0 aliphatic carbocycles. The van der Waals surface area contributed by atoms with Crippen LogP contribution in [-0.4, -0.2) is 19.4 Å². The summed E-state index contributed by atoms with van der Waals surface area (Å²) in [6, 6.07) is 7.32. The van der Waals surface area contributed by atoms with E-state index < -0.39 is 14.3 Å². The zero-order chi connectivity index (χ0) is 11.5. The summed E-state index contributed by atoms with van der Waals surface area (Å²) in [5.74, 6) is -0.124. The fourth-order valence-electron chi connectivity index (χ4n) is 1.24. The molecule has 0 fully saturated rings. The molecule has 0 bridgehead atoms. The van der Waals surface area contributed by atoms with Crippen LogP contribution in [0.5, 0.6) is 5.75 Å². The Morgan fingerprint density at radius 2 is 1.93 bits per heavy atom. The van der Waals surface area contributed by atoms with Crippen molar-refractivity contribution in [2.45, 2.75) is 26.1 Å². The topological polar surface area (TPSA) is 46.5 Å². The zero-order valence-electron chi connectivity index (χ0n) is 9.28. The van der Waals surface area contributed by atoms with Gasteiger partial charge in [0.05, 0.1) is 6.42 Å². The van der Waals surface area contributed by atoms with Gasteiger partial charge in [0.2, 0.25) is 8.32 Å². The molecule has 0 aliphatic heterocycles. The molecule has 82 valence electrons. The van der Waals surface area contributed by atoms with Gasteiger partial charge in [-0.2, -0.15) is 0 Å². The van der Waals surface area contributed by atoms with Crippen molar-refractivity contribution in [3.05, 3.63) is 29.8 Å². The van der Waals surface area contributed by atoms with Crippen molar-refractivity contribution in [1.82, 2.24) is 0 Å². The zero-order valence-corrected chi connectivity index (χ0v) is 10.3. The van der Waals surface area contributed by atoms with E-state index in [1.165, 1.54) is 0 Å². The van der Waals surface area contributed by atoms with Gasteiger partial charge >= 0.3 is 5.97 Å². The van der Waals surface area contributed by atoms with E-state index >= 15 is 0 Å². The molecule has 0 aliphatic rings. The second-order valence-corrected chi connectivity index (χ2v) is 8.82. The fraction of sp³-hybridized carbons (Fsp3) is 0.364. The highest BCUT2D eigenvalue weighted by atomic mass is 28.4. The Balaban J connectivity index is 2.91. The molecule has 1 N–H and O–H groups in total. The third-order valence-corrected chi connectivity index (χ3v) is 2.56. The van der Waals surface area contributed by atoms with Crippen LogP contribution in [0, 0.1) is 0 Å². The van der Waals surface area contributed by atoms with Crippen LogP contribution in [0.3, 0.4) is 0 Å². The van der Waals surface area contributed by atoms with Gasteiger partial charge in [0.1, 0.15) is 5.75 Å². The molecule has 0 saturated heterocycles. The normalized spacial score (nSPS) is 11.1. The predicted molar refractivity (Wildman–Crippen MR) is 61.8 cm³/mol. The van der Waals surface area contributed by atoms with Gasteiger partial charge in [-0.05, 0) is 25.7 Å². The number of benzene rings is 1. The maximum atomic E-state index is 10.6. The molecule has 0 aromatic heterocycles. The van der Waals surface area contributed by atoms with E-state index in [4.69, 9.17) is 9.53 Å². The first kappa shape index (κ1) is 11.8. The highest BCUT2D eigenvalue weighted by Gasteiger charge is 2.18. The first-order valence-electron chi connectivity index (χ1n) is 4.87. The van der Waals surface area contributed by atoms with Crippen molar-refractivity contribution in [3.8, 4) is 5.75 Å². The number of carbonyl (C=O) groups is 1. The molecular formula is C11H16O3Si. The molecule has 0 amide bonds. The van der Waals surface area contributed by atoms with Gasteiger partial charge in [0.15, 0.2) is 0 Å². The van der Waals surface area contributed by atoms with Gasteiger partial charge in [0, 0.05) is 5.56 Å². The summed E-state index contributed by atoms with van der Waals surface area (Å²) >= 11 is 0. The fourth-order valence-corrected chi connectivity index (χ4v) is 2.10. The molecular weight excluding hydrogens is 208 g/mol. The predicted octanol–water partition coefficient (Wildman–Crippen LogP) is 2.53. The van der Waals surface area contributed by atoms with E-state index in [0.29, 0.717) is 5.75 Å². The quantitative estimate of drug-likeness (QED) is 0.799. The number of hydrogen-bond acceptors (Lipinski definition) is 2. The molecule has 4 heteroatoms. The molecule has 1 aromatic rings. The number of aliphatic carboxylic acids is 1. The lowest BCUT2D eigenvalue weighted by atomic mass is 10.1. The Morgan fingerprint density at radius 1 is 1.33 bits per heavy atom. The molecule has 0 heterocycles. The van der Waals surface area contributed by atoms with Crippen LogP contribution in [-0.2, 0) is 11.2 Å². The average molecular weight is 224 g/mol. The SMILES string of the molecule is C[Si](C)(C)Oc1ccccc1CC(=O)O. The summed E-state index contributed by atoms with van der Waals surface area (Å²) in [5, 5.41) is 8.75. The molecule has 3 nitrogen and oxygen atoms in total. The second-order valence-electron chi connectivity index (χ2n) is 4.39. The summed E-state index contributed by atoms with van der Waals surface area (Å²) in [7, 11) is -1.67. The van der Waals surface area contributed by atoms with Crippen LogP contribution in [0.4, 0.5) is 0 Å². The van der Waals surface area contributed by atoms with Crippen molar-refractivity contribution in [2.24, 2.45) is 0 Å². The van der Waals surface area contributed by atoms with Gasteiger partial charge in [-0.15, -0.1) is 0 Å². The van der Waals surface area contributed by atoms with Crippen molar-refractivity contribution in [3.63, 3.8) is 0 Å². The van der Waals surface area contributed by atoms with E-state index in [2.05, 4.69) is 19.6 Å².